The zero-order valence-electron chi connectivity index (χ0n) is 10.9. The first-order chi connectivity index (χ1) is 8.79. The molecule has 0 radical (unpaired) electrons. The lowest BCUT2D eigenvalue weighted by atomic mass is 10.1. The second kappa shape index (κ2) is 6.61. The molecule has 18 heavy (non-hydrogen) atoms. The number of phenols is 1. The molecule has 0 atom stereocenters. The van der Waals surface area contributed by atoms with Crippen LogP contribution in [0.4, 0.5) is 0 Å². The average molecular weight is 251 g/mol. The van der Waals surface area contributed by atoms with Crippen molar-refractivity contribution in [2.75, 3.05) is 40.0 Å². The standard InChI is InChI=1S/C14H21NO3/c1-17-14-11-13(16)5-4-12(14)3-2-6-15-7-9-18-10-8-15/h4-5,11,16H,2-3,6-10H2,1H3. The fourth-order valence-electron chi connectivity index (χ4n) is 2.26. The van der Waals surface area contributed by atoms with Crippen molar-refractivity contribution in [2.45, 2.75) is 12.8 Å². The minimum Gasteiger partial charge on any atom is -0.508 e. The first-order valence-corrected chi connectivity index (χ1v) is 6.45. The predicted molar refractivity (Wildman–Crippen MR) is 70.2 cm³/mol. The molecule has 0 saturated carbocycles. The molecule has 0 aromatic heterocycles. The topological polar surface area (TPSA) is 41.9 Å². The summed E-state index contributed by atoms with van der Waals surface area (Å²) < 4.78 is 10.6. The van der Waals surface area contributed by atoms with Gasteiger partial charge in [0.1, 0.15) is 11.5 Å². The van der Waals surface area contributed by atoms with Gasteiger partial charge in [-0.25, -0.2) is 0 Å². The summed E-state index contributed by atoms with van der Waals surface area (Å²) in [5.74, 6) is 1.03. The minimum absolute atomic E-state index is 0.253. The van der Waals surface area contributed by atoms with Crippen molar-refractivity contribution in [1.82, 2.24) is 4.90 Å². The molecule has 1 N–H and O–H groups in total. The molecule has 0 spiro atoms. The normalized spacial score (nSPS) is 16.7. The molecule has 1 heterocycles. The predicted octanol–water partition coefficient (Wildman–Crippen LogP) is 1.67. The zero-order valence-corrected chi connectivity index (χ0v) is 10.9. The van der Waals surface area contributed by atoms with Crippen LogP contribution in [0.5, 0.6) is 11.5 Å². The van der Waals surface area contributed by atoms with Crippen LogP contribution in [-0.4, -0.2) is 50.0 Å². The molecule has 0 aliphatic carbocycles. The summed E-state index contributed by atoms with van der Waals surface area (Å²) in [6.07, 6.45) is 2.07. The molecule has 1 aliphatic heterocycles. The van der Waals surface area contributed by atoms with Gasteiger partial charge in [-0.05, 0) is 31.0 Å². The van der Waals surface area contributed by atoms with Crippen LogP contribution in [0.3, 0.4) is 0 Å². The zero-order chi connectivity index (χ0) is 12.8. The highest BCUT2D eigenvalue weighted by Gasteiger charge is 2.10. The smallest absolute Gasteiger partial charge is 0.125 e. The fourth-order valence-corrected chi connectivity index (χ4v) is 2.26. The van der Waals surface area contributed by atoms with E-state index in [0.29, 0.717) is 0 Å². The average Bonchev–Trinajstić information content (AvgIpc) is 2.41. The van der Waals surface area contributed by atoms with Gasteiger partial charge in [0.15, 0.2) is 0 Å². The van der Waals surface area contributed by atoms with Crippen molar-refractivity contribution in [3.8, 4) is 11.5 Å². The first kappa shape index (κ1) is 13.2. The van der Waals surface area contributed by atoms with Gasteiger partial charge in [0.2, 0.25) is 0 Å². The van der Waals surface area contributed by atoms with E-state index < -0.39 is 0 Å². The number of phenolic OH excluding ortho intramolecular Hbond substituents is 1. The third-order valence-electron chi connectivity index (χ3n) is 3.29. The Morgan fingerprint density at radius 1 is 1.33 bits per heavy atom. The maximum absolute atomic E-state index is 9.40. The molecule has 2 rings (SSSR count). The molecule has 100 valence electrons. The number of hydrogen-bond acceptors (Lipinski definition) is 4. The van der Waals surface area contributed by atoms with Crippen molar-refractivity contribution < 1.29 is 14.6 Å². The van der Waals surface area contributed by atoms with E-state index in [1.165, 1.54) is 0 Å². The molecule has 0 bridgehead atoms. The second-order valence-corrected chi connectivity index (χ2v) is 4.55. The van der Waals surface area contributed by atoms with E-state index in [-0.39, 0.29) is 5.75 Å². The number of methoxy groups -OCH3 is 1. The highest BCUT2D eigenvalue weighted by molar-refractivity contribution is 5.40. The lowest BCUT2D eigenvalue weighted by Crippen LogP contribution is -2.36. The van der Waals surface area contributed by atoms with Gasteiger partial charge in [-0.1, -0.05) is 6.07 Å². The van der Waals surface area contributed by atoms with E-state index >= 15 is 0 Å². The Kier molecular flexibility index (Phi) is 4.84. The van der Waals surface area contributed by atoms with E-state index in [9.17, 15) is 5.11 Å². The Hall–Kier alpha value is -1.26. The Bertz CT molecular complexity index is 375. The molecule has 1 aromatic carbocycles. The van der Waals surface area contributed by atoms with Crippen LogP contribution in [-0.2, 0) is 11.2 Å². The summed E-state index contributed by atoms with van der Waals surface area (Å²) in [5.41, 5.74) is 1.16. The number of aromatic hydroxyl groups is 1. The van der Waals surface area contributed by atoms with Gasteiger partial charge in [0.05, 0.1) is 20.3 Å². The monoisotopic (exact) mass is 251 g/mol. The van der Waals surface area contributed by atoms with Gasteiger partial charge in [-0.2, -0.15) is 0 Å². The van der Waals surface area contributed by atoms with Crippen LogP contribution in [0, 0.1) is 0 Å². The van der Waals surface area contributed by atoms with Gasteiger partial charge in [0.25, 0.3) is 0 Å². The second-order valence-electron chi connectivity index (χ2n) is 4.55. The van der Waals surface area contributed by atoms with E-state index in [1.807, 2.05) is 6.07 Å². The number of aryl methyl sites for hydroxylation is 1. The number of hydrogen-bond donors (Lipinski definition) is 1. The van der Waals surface area contributed by atoms with Gasteiger partial charge in [0, 0.05) is 19.2 Å². The highest BCUT2D eigenvalue weighted by Crippen LogP contribution is 2.24. The molecule has 1 aromatic rings. The number of nitrogens with zero attached hydrogens (tertiary/aromatic N) is 1. The van der Waals surface area contributed by atoms with Crippen LogP contribution in [0.2, 0.25) is 0 Å². The maximum atomic E-state index is 9.40. The van der Waals surface area contributed by atoms with Crippen LogP contribution in [0.1, 0.15) is 12.0 Å². The summed E-state index contributed by atoms with van der Waals surface area (Å²) in [6.45, 7) is 4.86. The van der Waals surface area contributed by atoms with Crippen LogP contribution in [0.15, 0.2) is 18.2 Å². The lowest BCUT2D eigenvalue weighted by Gasteiger charge is -2.26. The largest absolute Gasteiger partial charge is 0.508 e. The van der Waals surface area contributed by atoms with Crippen molar-refractivity contribution in [2.24, 2.45) is 0 Å². The Morgan fingerprint density at radius 2 is 2.11 bits per heavy atom. The Labute approximate surface area is 108 Å². The van der Waals surface area contributed by atoms with Crippen LogP contribution < -0.4 is 4.74 Å². The molecule has 0 amide bonds. The van der Waals surface area contributed by atoms with Gasteiger partial charge in [-0.15, -0.1) is 0 Å². The molecule has 4 nitrogen and oxygen atoms in total. The lowest BCUT2D eigenvalue weighted by molar-refractivity contribution is 0.0374. The molecule has 1 saturated heterocycles. The molecular formula is C14H21NO3. The van der Waals surface area contributed by atoms with Crippen molar-refractivity contribution >= 4 is 0 Å². The summed E-state index contributed by atoms with van der Waals surface area (Å²) in [7, 11) is 1.64. The minimum atomic E-state index is 0.253. The summed E-state index contributed by atoms with van der Waals surface area (Å²) in [6, 6.07) is 5.32. The van der Waals surface area contributed by atoms with E-state index in [1.54, 1.807) is 19.2 Å². The highest BCUT2D eigenvalue weighted by atomic mass is 16.5. The third-order valence-corrected chi connectivity index (χ3v) is 3.29. The number of rotatable bonds is 5. The SMILES string of the molecule is COc1cc(O)ccc1CCCN1CCOCC1. The Morgan fingerprint density at radius 3 is 2.83 bits per heavy atom. The molecule has 1 fully saturated rings. The van der Waals surface area contributed by atoms with Gasteiger partial charge in [-0.3, -0.25) is 4.90 Å². The Balaban J connectivity index is 1.82. The maximum Gasteiger partial charge on any atom is 0.125 e. The summed E-state index contributed by atoms with van der Waals surface area (Å²) in [5, 5.41) is 9.40. The van der Waals surface area contributed by atoms with Gasteiger partial charge >= 0.3 is 0 Å². The molecule has 0 unspecified atom stereocenters. The van der Waals surface area contributed by atoms with Crippen LogP contribution in [0.25, 0.3) is 0 Å². The fraction of sp³-hybridized carbons (Fsp3) is 0.571. The van der Waals surface area contributed by atoms with Crippen molar-refractivity contribution in [3.05, 3.63) is 23.8 Å². The van der Waals surface area contributed by atoms with Gasteiger partial charge < -0.3 is 14.6 Å². The van der Waals surface area contributed by atoms with Crippen molar-refractivity contribution in [1.29, 1.82) is 0 Å². The number of morpholine rings is 1. The van der Waals surface area contributed by atoms with E-state index in [0.717, 1.165) is 57.0 Å². The summed E-state index contributed by atoms with van der Waals surface area (Å²) >= 11 is 0. The van der Waals surface area contributed by atoms with E-state index in [4.69, 9.17) is 9.47 Å². The van der Waals surface area contributed by atoms with Crippen LogP contribution >= 0.6 is 0 Å². The first-order valence-electron chi connectivity index (χ1n) is 6.45. The number of ether oxygens (including phenoxy) is 2. The van der Waals surface area contributed by atoms with E-state index in [2.05, 4.69) is 4.90 Å². The quantitative estimate of drug-likeness (QED) is 0.864. The molecule has 1 aliphatic rings. The van der Waals surface area contributed by atoms with Crippen molar-refractivity contribution in [3.63, 3.8) is 0 Å². The summed E-state index contributed by atoms with van der Waals surface area (Å²) in [4.78, 5) is 2.43. The molecule has 4 heteroatoms. The number of benzene rings is 1. The molecular weight excluding hydrogens is 230 g/mol. The third kappa shape index (κ3) is 3.62.